The van der Waals surface area contributed by atoms with Gasteiger partial charge in [-0.2, -0.15) is 0 Å². The van der Waals surface area contributed by atoms with Crippen molar-refractivity contribution in [3.05, 3.63) is 63.9 Å². The smallest absolute Gasteiger partial charge is 0.303 e. The Balaban J connectivity index is 0.000000343. The van der Waals surface area contributed by atoms with Crippen molar-refractivity contribution in [3.63, 3.8) is 0 Å². The van der Waals surface area contributed by atoms with Gasteiger partial charge in [0.15, 0.2) is 0 Å². The van der Waals surface area contributed by atoms with Crippen LogP contribution in [0.1, 0.15) is 29.5 Å². The van der Waals surface area contributed by atoms with Crippen molar-refractivity contribution >= 4 is 29.2 Å². The molecular formula is C22H26ClFN2O4. The Labute approximate surface area is 180 Å². The number of carboxylic acid groups (broad SMARTS) is 2. The zero-order chi connectivity index (χ0) is 22.1. The largest absolute Gasteiger partial charge is 0.481 e. The number of halogens is 2. The van der Waals surface area contributed by atoms with Crippen molar-refractivity contribution in [2.75, 3.05) is 25.0 Å². The SMILES string of the molecule is CN(Cc1cccc(F)c1)c1c(Cl)ccc2c1CCNCC2.O=C(O)CCC(=O)O. The molecule has 2 aromatic rings. The van der Waals surface area contributed by atoms with Gasteiger partial charge in [-0.15, -0.1) is 0 Å². The van der Waals surface area contributed by atoms with Crippen LogP contribution in [0, 0.1) is 5.82 Å². The first-order valence-corrected chi connectivity index (χ1v) is 10.1. The summed E-state index contributed by atoms with van der Waals surface area (Å²) in [7, 11) is 2.02. The molecule has 0 aliphatic carbocycles. The summed E-state index contributed by atoms with van der Waals surface area (Å²) < 4.78 is 13.4. The van der Waals surface area contributed by atoms with Gasteiger partial charge in [-0.25, -0.2) is 4.39 Å². The highest BCUT2D eigenvalue weighted by Crippen LogP contribution is 2.34. The minimum Gasteiger partial charge on any atom is -0.481 e. The van der Waals surface area contributed by atoms with E-state index in [1.54, 1.807) is 12.1 Å². The third-order valence-electron chi connectivity index (χ3n) is 4.70. The van der Waals surface area contributed by atoms with Crippen LogP contribution in [0.5, 0.6) is 0 Å². The number of anilines is 1. The standard InChI is InChI=1S/C18H20ClFN2.C4H6O4/c1-22(12-13-3-2-4-15(20)11-13)18-16-8-10-21-9-7-14(16)5-6-17(18)19;5-3(6)1-2-4(7)8/h2-6,11,21H,7-10,12H2,1H3;1-2H2,(H,5,6)(H,7,8). The molecule has 1 heterocycles. The minimum absolute atomic E-state index is 0.201. The number of benzene rings is 2. The fourth-order valence-electron chi connectivity index (χ4n) is 3.34. The molecule has 0 bridgehead atoms. The van der Waals surface area contributed by atoms with Gasteiger partial charge in [0.1, 0.15) is 5.82 Å². The van der Waals surface area contributed by atoms with Gasteiger partial charge in [0.25, 0.3) is 0 Å². The monoisotopic (exact) mass is 436 g/mol. The highest BCUT2D eigenvalue weighted by atomic mass is 35.5. The van der Waals surface area contributed by atoms with Crippen molar-refractivity contribution in [1.82, 2.24) is 5.32 Å². The molecule has 0 amide bonds. The van der Waals surface area contributed by atoms with E-state index in [0.29, 0.717) is 6.54 Å². The van der Waals surface area contributed by atoms with Gasteiger partial charge < -0.3 is 20.4 Å². The van der Waals surface area contributed by atoms with Crippen molar-refractivity contribution in [2.24, 2.45) is 0 Å². The van der Waals surface area contributed by atoms with Crippen LogP contribution in [0.2, 0.25) is 5.02 Å². The van der Waals surface area contributed by atoms with Crippen molar-refractivity contribution < 1.29 is 24.2 Å². The maximum Gasteiger partial charge on any atom is 0.303 e. The van der Waals surface area contributed by atoms with Gasteiger partial charge in [-0.1, -0.05) is 29.8 Å². The lowest BCUT2D eigenvalue weighted by atomic mass is 10.00. The van der Waals surface area contributed by atoms with E-state index in [1.165, 1.54) is 17.2 Å². The van der Waals surface area contributed by atoms with E-state index in [2.05, 4.69) is 16.3 Å². The number of aliphatic carboxylic acids is 2. The highest BCUT2D eigenvalue weighted by Gasteiger charge is 2.18. The Bertz CT molecular complexity index is 877. The molecular weight excluding hydrogens is 411 g/mol. The third-order valence-corrected chi connectivity index (χ3v) is 5.00. The lowest BCUT2D eigenvalue weighted by Crippen LogP contribution is -2.20. The summed E-state index contributed by atoms with van der Waals surface area (Å²) in [6, 6.07) is 10.8. The molecule has 3 rings (SSSR count). The number of nitrogens with one attached hydrogen (secondary N) is 1. The normalized spacial score (nSPS) is 12.8. The van der Waals surface area contributed by atoms with Crippen LogP contribution < -0.4 is 10.2 Å². The molecule has 30 heavy (non-hydrogen) atoms. The Morgan fingerprint density at radius 1 is 1.10 bits per heavy atom. The lowest BCUT2D eigenvalue weighted by Gasteiger charge is -2.25. The number of nitrogens with zero attached hydrogens (tertiary/aromatic N) is 1. The van der Waals surface area contributed by atoms with E-state index in [-0.39, 0.29) is 18.7 Å². The number of hydrogen-bond acceptors (Lipinski definition) is 4. The maximum atomic E-state index is 13.4. The van der Waals surface area contributed by atoms with Crippen LogP contribution in [0.25, 0.3) is 0 Å². The van der Waals surface area contributed by atoms with Crippen molar-refractivity contribution in [3.8, 4) is 0 Å². The Hall–Kier alpha value is -2.64. The van der Waals surface area contributed by atoms with Gasteiger partial charge in [-0.05, 0) is 60.8 Å². The van der Waals surface area contributed by atoms with Crippen LogP contribution in [-0.2, 0) is 29.0 Å². The van der Waals surface area contributed by atoms with E-state index in [0.717, 1.165) is 42.2 Å². The zero-order valence-corrected chi connectivity index (χ0v) is 17.6. The van der Waals surface area contributed by atoms with E-state index >= 15 is 0 Å². The first-order chi connectivity index (χ1) is 14.3. The topological polar surface area (TPSA) is 89.9 Å². The molecule has 3 N–H and O–H groups in total. The summed E-state index contributed by atoms with van der Waals surface area (Å²) in [6.45, 7) is 2.61. The minimum atomic E-state index is -1.08. The van der Waals surface area contributed by atoms with E-state index in [4.69, 9.17) is 21.8 Å². The van der Waals surface area contributed by atoms with E-state index in [9.17, 15) is 14.0 Å². The Morgan fingerprint density at radius 3 is 2.40 bits per heavy atom. The van der Waals surface area contributed by atoms with Crippen LogP contribution >= 0.6 is 11.6 Å². The van der Waals surface area contributed by atoms with Crippen LogP contribution in [0.3, 0.4) is 0 Å². The fourth-order valence-corrected chi connectivity index (χ4v) is 3.66. The molecule has 0 saturated carbocycles. The molecule has 0 aromatic heterocycles. The number of hydrogen-bond donors (Lipinski definition) is 3. The number of carboxylic acids is 2. The number of rotatable bonds is 6. The molecule has 0 fully saturated rings. The van der Waals surface area contributed by atoms with Crippen LogP contribution in [-0.4, -0.2) is 42.3 Å². The van der Waals surface area contributed by atoms with Gasteiger partial charge in [0.2, 0.25) is 0 Å². The summed E-state index contributed by atoms with van der Waals surface area (Å²) in [5.74, 6) is -2.35. The molecule has 8 heteroatoms. The summed E-state index contributed by atoms with van der Waals surface area (Å²) >= 11 is 6.47. The summed E-state index contributed by atoms with van der Waals surface area (Å²) in [4.78, 5) is 21.4. The molecule has 6 nitrogen and oxygen atoms in total. The molecule has 0 saturated heterocycles. The molecule has 162 valence electrons. The fraction of sp³-hybridized carbons (Fsp3) is 0.364. The average molecular weight is 437 g/mol. The summed E-state index contributed by atoms with van der Waals surface area (Å²) in [5.41, 5.74) is 4.70. The van der Waals surface area contributed by atoms with Gasteiger partial charge in [-0.3, -0.25) is 9.59 Å². The number of carbonyl (C=O) groups is 2. The average Bonchev–Trinajstić information content (AvgIpc) is 2.92. The van der Waals surface area contributed by atoms with Gasteiger partial charge >= 0.3 is 11.9 Å². The molecule has 0 atom stereocenters. The van der Waals surface area contributed by atoms with Crippen LogP contribution in [0.4, 0.5) is 10.1 Å². The second-order valence-corrected chi connectivity index (χ2v) is 7.46. The first kappa shape index (κ1) is 23.6. The molecule has 0 spiro atoms. The van der Waals surface area contributed by atoms with Crippen LogP contribution in [0.15, 0.2) is 36.4 Å². The molecule has 0 unspecified atom stereocenters. The number of fused-ring (bicyclic) bond motifs is 1. The second-order valence-electron chi connectivity index (χ2n) is 7.06. The molecule has 1 aliphatic heterocycles. The lowest BCUT2D eigenvalue weighted by molar-refractivity contribution is -0.143. The molecule has 0 radical (unpaired) electrons. The first-order valence-electron chi connectivity index (χ1n) is 9.68. The van der Waals surface area contributed by atoms with Gasteiger partial charge in [0.05, 0.1) is 23.6 Å². The Morgan fingerprint density at radius 2 is 1.77 bits per heavy atom. The van der Waals surface area contributed by atoms with Crippen molar-refractivity contribution in [2.45, 2.75) is 32.2 Å². The maximum absolute atomic E-state index is 13.4. The van der Waals surface area contributed by atoms with Crippen molar-refractivity contribution in [1.29, 1.82) is 0 Å². The van der Waals surface area contributed by atoms with E-state index < -0.39 is 11.9 Å². The Kier molecular flexibility index (Phi) is 9.08. The third kappa shape index (κ3) is 7.31. The van der Waals surface area contributed by atoms with E-state index in [1.807, 2.05) is 19.2 Å². The molecule has 2 aromatic carbocycles. The van der Waals surface area contributed by atoms with Gasteiger partial charge in [0, 0.05) is 13.6 Å². The quantitative estimate of drug-likeness (QED) is 0.639. The predicted octanol–water partition coefficient (Wildman–Crippen LogP) is 3.74. The molecule has 1 aliphatic rings. The predicted molar refractivity (Wildman–Crippen MR) is 115 cm³/mol. The summed E-state index contributed by atoms with van der Waals surface area (Å²) in [6.07, 6.45) is 1.40. The second kappa shape index (κ2) is 11.5. The summed E-state index contributed by atoms with van der Waals surface area (Å²) in [5, 5.41) is 20.0. The zero-order valence-electron chi connectivity index (χ0n) is 16.8. The highest BCUT2D eigenvalue weighted by molar-refractivity contribution is 6.33.